The highest BCUT2D eigenvalue weighted by atomic mass is 35.5. The predicted octanol–water partition coefficient (Wildman–Crippen LogP) is 3.55. The Morgan fingerprint density at radius 1 is 1.60 bits per heavy atom. The summed E-state index contributed by atoms with van der Waals surface area (Å²) in [5.74, 6) is -0.399. The summed E-state index contributed by atoms with van der Waals surface area (Å²) >= 11 is 6.03. The highest BCUT2D eigenvalue weighted by Crippen LogP contribution is 2.31. The molecule has 0 saturated carbocycles. The second-order valence-electron chi connectivity index (χ2n) is 4.55. The van der Waals surface area contributed by atoms with E-state index in [1.165, 1.54) is 18.2 Å². The van der Waals surface area contributed by atoms with Crippen LogP contribution in [-0.4, -0.2) is 17.5 Å². The maximum Gasteiger partial charge on any atom is 0.315 e. The number of benzene rings is 1. The van der Waals surface area contributed by atoms with Crippen molar-refractivity contribution < 1.29 is 14.5 Å². The van der Waals surface area contributed by atoms with Crippen LogP contribution in [0, 0.1) is 15.5 Å². The number of ether oxygens (including phenoxy) is 1. The molecule has 0 radical (unpaired) electrons. The number of hydrogen-bond acceptors (Lipinski definition) is 4. The van der Waals surface area contributed by atoms with Crippen molar-refractivity contribution in [3.8, 4) is 0 Å². The number of nitro benzene ring substituents is 1. The van der Waals surface area contributed by atoms with Crippen molar-refractivity contribution in [3.63, 3.8) is 0 Å². The molecule has 0 spiro atoms. The third kappa shape index (κ3) is 3.57. The molecule has 0 bridgehead atoms. The van der Waals surface area contributed by atoms with Crippen LogP contribution in [0.3, 0.4) is 0 Å². The van der Waals surface area contributed by atoms with Gasteiger partial charge in [0.1, 0.15) is 0 Å². The molecule has 0 aromatic heterocycles. The molecule has 6 heteroatoms. The second kappa shape index (κ2) is 6.52. The van der Waals surface area contributed by atoms with E-state index in [2.05, 4.69) is 6.58 Å². The largest absolute Gasteiger partial charge is 0.465 e. The van der Waals surface area contributed by atoms with Gasteiger partial charge in [0.15, 0.2) is 0 Å². The molecule has 0 saturated heterocycles. The first-order valence-corrected chi connectivity index (χ1v) is 6.45. The van der Waals surface area contributed by atoms with Crippen LogP contribution in [0.1, 0.15) is 19.4 Å². The zero-order valence-corrected chi connectivity index (χ0v) is 12.1. The molecule has 1 aromatic carbocycles. The van der Waals surface area contributed by atoms with Gasteiger partial charge in [-0.1, -0.05) is 23.7 Å². The van der Waals surface area contributed by atoms with Crippen LogP contribution in [0.2, 0.25) is 5.02 Å². The highest BCUT2D eigenvalue weighted by molar-refractivity contribution is 6.31. The Labute approximate surface area is 122 Å². The van der Waals surface area contributed by atoms with Gasteiger partial charge in [-0.25, -0.2) is 0 Å². The van der Waals surface area contributed by atoms with Crippen molar-refractivity contribution in [2.24, 2.45) is 5.41 Å². The highest BCUT2D eigenvalue weighted by Gasteiger charge is 2.32. The average molecular weight is 298 g/mol. The first-order valence-electron chi connectivity index (χ1n) is 6.07. The van der Waals surface area contributed by atoms with E-state index in [1.807, 2.05) is 0 Å². The van der Waals surface area contributed by atoms with Crippen LogP contribution < -0.4 is 0 Å². The average Bonchev–Trinajstić information content (AvgIpc) is 2.40. The van der Waals surface area contributed by atoms with Gasteiger partial charge in [0.25, 0.3) is 5.69 Å². The number of carbonyl (C=O) groups is 1. The maximum atomic E-state index is 11.9. The third-order valence-electron chi connectivity index (χ3n) is 3.00. The summed E-state index contributed by atoms with van der Waals surface area (Å²) in [5, 5.41) is 10.9. The van der Waals surface area contributed by atoms with Crippen molar-refractivity contribution in [2.45, 2.75) is 20.3 Å². The number of nitro groups is 1. The minimum absolute atomic E-state index is 0.0878. The lowest BCUT2D eigenvalue weighted by Gasteiger charge is -2.23. The third-order valence-corrected chi connectivity index (χ3v) is 3.35. The van der Waals surface area contributed by atoms with Crippen LogP contribution in [0.15, 0.2) is 30.9 Å². The molecule has 5 nitrogen and oxygen atoms in total. The van der Waals surface area contributed by atoms with Gasteiger partial charge in [0, 0.05) is 12.1 Å². The van der Waals surface area contributed by atoms with E-state index >= 15 is 0 Å². The van der Waals surface area contributed by atoms with Gasteiger partial charge in [-0.15, -0.1) is 6.58 Å². The fourth-order valence-electron chi connectivity index (χ4n) is 1.71. The van der Waals surface area contributed by atoms with Crippen molar-refractivity contribution in [1.82, 2.24) is 0 Å². The van der Waals surface area contributed by atoms with E-state index in [-0.39, 0.29) is 23.7 Å². The molecule has 0 heterocycles. The fraction of sp³-hybridized carbons (Fsp3) is 0.357. The number of halogens is 1. The lowest BCUT2D eigenvalue weighted by molar-refractivity contribution is -0.384. The molecule has 0 amide bonds. The number of non-ortho nitro benzene ring substituents is 1. The summed E-state index contributed by atoms with van der Waals surface area (Å²) in [6, 6.07) is 4.17. The fourth-order valence-corrected chi connectivity index (χ4v) is 1.95. The summed E-state index contributed by atoms with van der Waals surface area (Å²) in [5.41, 5.74) is -0.376. The maximum absolute atomic E-state index is 11.9. The number of nitrogens with zero attached hydrogens (tertiary/aromatic N) is 1. The number of carbonyl (C=O) groups excluding carboxylic acids is 1. The normalized spacial score (nSPS) is 13.3. The summed E-state index contributed by atoms with van der Waals surface area (Å²) in [7, 11) is 0. The van der Waals surface area contributed by atoms with Gasteiger partial charge in [0.05, 0.1) is 22.0 Å². The lowest BCUT2D eigenvalue weighted by atomic mass is 9.83. The van der Waals surface area contributed by atoms with Crippen LogP contribution in [-0.2, 0) is 16.0 Å². The topological polar surface area (TPSA) is 69.4 Å². The second-order valence-corrected chi connectivity index (χ2v) is 4.96. The summed E-state index contributed by atoms with van der Waals surface area (Å²) in [4.78, 5) is 22.1. The number of hydrogen-bond donors (Lipinski definition) is 0. The first kappa shape index (κ1) is 16.2. The van der Waals surface area contributed by atoms with E-state index in [0.29, 0.717) is 5.56 Å². The van der Waals surface area contributed by atoms with E-state index in [1.54, 1.807) is 19.9 Å². The smallest absolute Gasteiger partial charge is 0.315 e. The monoisotopic (exact) mass is 297 g/mol. The van der Waals surface area contributed by atoms with Gasteiger partial charge in [0.2, 0.25) is 0 Å². The van der Waals surface area contributed by atoms with Gasteiger partial charge >= 0.3 is 5.97 Å². The molecule has 0 fully saturated rings. The minimum atomic E-state index is -0.921. The molecule has 0 aliphatic rings. The molecule has 1 unspecified atom stereocenters. The van der Waals surface area contributed by atoms with Crippen LogP contribution in [0.25, 0.3) is 0 Å². The van der Waals surface area contributed by atoms with E-state index in [0.717, 1.165) is 0 Å². The Morgan fingerprint density at radius 3 is 2.70 bits per heavy atom. The molecule has 1 rings (SSSR count). The zero-order valence-electron chi connectivity index (χ0n) is 11.4. The minimum Gasteiger partial charge on any atom is -0.465 e. The summed E-state index contributed by atoms with van der Waals surface area (Å²) < 4.78 is 5.01. The quantitative estimate of drug-likeness (QED) is 0.348. The van der Waals surface area contributed by atoms with Crippen molar-refractivity contribution in [2.75, 3.05) is 6.61 Å². The Balaban J connectivity index is 3.04. The molecular weight excluding hydrogens is 282 g/mol. The van der Waals surface area contributed by atoms with Gasteiger partial charge in [-0.3, -0.25) is 14.9 Å². The lowest BCUT2D eigenvalue weighted by Crippen LogP contribution is -2.30. The van der Waals surface area contributed by atoms with Gasteiger partial charge in [-0.2, -0.15) is 0 Å². The molecule has 0 aliphatic heterocycles. The molecule has 0 aliphatic carbocycles. The van der Waals surface area contributed by atoms with Crippen LogP contribution in [0.4, 0.5) is 5.69 Å². The van der Waals surface area contributed by atoms with Gasteiger partial charge < -0.3 is 4.74 Å². The molecule has 20 heavy (non-hydrogen) atoms. The van der Waals surface area contributed by atoms with Crippen molar-refractivity contribution in [1.29, 1.82) is 0 Å². The molecular formula is C14H16ClNO4. The predicted molar refractivity (Wildman–Crippen MR) is 76.7 cm³/mol. The van der Waals surface area contributed by atoms with Crippen molar-refractivity contribution in [3.05, 3.63) is 51.6 Å². The number of esters is 1. The Kier molecular flexibility index (Phi) is 5.27. The SMILES string of the molecule is C=CC(C)(Cc1ccc([N+](=O)[O-])cc1Cl)C(=O)OCC. The van der Waals surface area contributed by atoms with Crippen LogP contribution >= 0.6 is 11.6 Å². The standard InChI is InChI=1S/C14H16ClNO4/c1-4-14(3,13(17)20-5-2)9-10-6-7-11(16(18)19)8-12(10)15/h4,6-8H,1,5,9H2,2-3H3. The Bertz CT molecular complexity index is 544. The molecule has 0 N–H and O–H groups in total. The van der Waals surface area contributed by atoms with Crippen LogP contribution in [0.5, 0.6) is 0 Å². The number of rotatable bonds is 6. The summed E-state index contributed by atoms with van der Waals surface area (Å²) in [6.45, 7) is 7.34. The van der Waals surface area contributed by atoms with E-state index in [4.69, 9.17) is 16.3 Å². The first-order chi connectivity index (χ1) is 9.34. The molecule has 1 aromatic rings. The van der Waals surface area contributed by atoms with Gasteiger partial charge in [-0.05, 0) is 25.8 Å². The molecule has 108 valence electrons. The van der Waals surface area contributed by atoms with E-state index in [9.17, 15) is 14.9 Å². The van der Waals surface area contributed by atoms with E-state index < -0.39 is 16.3 Å². The van der Waals surface area contributed by atoms with Crippen molar-refractivity contribution >= 4 is 23.3 Å². The Hall–Kier alpha value is -1.88. The Morgan fingerprint density at radius 2 is 2.25 bits per heavy atom. The zero-order chi connectivity index (χ0) is 15.3. The summed E-state index contributed by atoms with van der Waals surface area (Å²) in [6.07, 6.45) is 1.77. The molecule has 1 atom stereocenters.